The van der Waals surface area contributed by atoms with Crippen molar-refractivity contribution in [2.45, 2.75) is 43.9 Å². The first-order valence-electron chi connectivity index (χ1n) is 14.2. The van der Waals surface area contributed by atoms with Gasteiger partial charge in [0.25, 0.3) is 0 Å². The Morgan fingerprint density at radius 2 is 1.78 bits per heavy atom. The van der Waals surface area contributed by atoms with Crippen molar-refractivity contribution in [2.75, 3.05) is 19.5 Å². The molecule has 262 valence electrons. The number of hydrogen-bond donors (Lipinski definition) is 0. The maximum absolute atomic E-state index is 14.3. The largest absolute Gasteiger partial charge is 0.487 e. The summed E-state index contributed by atoms with van der Waals surface area (Å²) in [5.74, 6) is -0.803. The van der Waals surface area contributed by atoms with Crippen LogP contribution >= 0.6 is 46.3 Å². The SMILES string of the molecule is CCOc1cc(Oc2ccc(C(F)(F)F)cc2Cl)ccc1[N+](=O)[O-].COC(=O)CSc1cc(/N=c2\sc(=O)n3n2CCCC3)c(F)cc1Cl. The van der Waals surface area contributed by atoms with Gasteiger partial charge in [-0.05, 0) is 67.5 Å². The van der Waals surface area contributed by atoms with Crippen LogP contribution in [0.5, 0.6) is 17.2 Å². The van der Waals surface area contributed by atoms with Crippen LogP contribution in [0.15, 0.2) is 63.2 Å². The third kappa shape index (κ3) is 9.77. The number of aromatic nitrogens is 2. The highest BCUT2D eigenvalue weighted by atomic mass is 35.5. The predicted molar refractivity (Wildman–Crippen MR) is 176 cm³/mol. The van der Waals surface area contributed by atoms with Crippen LogP contribution in [0.1, 0.15) is 25.3 Å². The fourth-order valence-corrected chi connectivity index (χ4v) is 6.50. The Bertz CT molecular complexity index is 1980. The molecular weight excluding hydrogens is 739 g/mol. The van der Waals surface area contributed by atoms with Gasteiger partial charge in [-0.2, -0.15) is 13.2 Å². The number of esters is 1. The molecule has 1 aromatic heterocycles. The fourth-order valence-electron chi connectivity index (χ4n) is 4.30. The third-order valence-corrected chi connectivity index (χ3v) is 9.22. The molecule has 0 radical (unpaired) electrons. The lowest BCUT2D eigenvalue weighted by Gasteiger charge is -2.15. The van der Waals surface area contributed by atoms with Crippen molar-refractivity contribution in [3.05, 3.63) is 94.5 Å². The first kappa shape index (κ1) is 37.8. The average Bonchev–Trinajstić information content (AvgIpc) is 3.37. The molecule has 0 spiro atoms. The second-order valence-corrected chi connectivity index (χ2v) is 12.6. The maximum atomic E-state index is 14.3. The van der Waals surface area contributed by atoms with Gasteiger partial charge in [-0.25, -0.2) is 14.1 Å². The van der Waals surface area contributed by atoms with Crippen molar-refractivity contribution in [3.8, 4) is 17.2 Å². The van der Waals surface area contributed by atoms with Crippen LogP contribution < -0.4 is 19.1 Å². The zero-order valence-electron chi connectivity index (χ0n) is 25.6. The van der Waals surface area contributed by atoms with Crippen LogP contribution in [0.4, 0.5) is 28.9 Å². The van der Waals surface area contributed by atoms with E-state index >= 15 is 0 Å². The van der Waals surface area contributed by atoms with Crippen molar-refractivity contribution in [1.29, 1.82) is 0 Å². The molecular formula is C30H26Cl2F4N4O7S2. The van der Waals surface area contributed by atoms with E-state index in [4.69, 9.17) is 32.7 Å². The number of halogens is 6. The number of benzene rings is 3. The molecule has 0 atom stereocenters. The van der Waals surface area contributed by atoms with Gasteiger partial charge in [0.2, 0.25) is 10.6 Å². The Morgan fingerprint density at radius 1 is 1.06 bits per heavy atom. The van der Waals surface area contributed by atoms with E-state index in [0.29, 0.717) is 22.8 Å². The van der Waals surface area contributed by atoms with Crippen LogP contribution in [-0.4, -0.2) is 39.7 Å². The minimum atomic E-state index is -4.52. The quantitative estimate of drug-likeness (QED) is 0.0548. The van der Waals surface area contributed by atoms with E-state index < -0.39 is 28.4 Å². The monoisotopic (exact) mass is 764 g/mol. The molecule has 19 heteroatoms. The lowest BCUT2D eigenvalue weighted by atomic mass is 10.2. The summed E-state index contributed by atoms with van der Waals surface area (Å²) in [5.41, 5.74) is -1.07. The number of carbonyl (C=O) groups excluding carboxylic acids is 1. The Kier molecular flexibility index (Phi) is 12.8. The van der Waals surface area contributed by atoms with E-state index in [0.717, 1.165) is 60.2 Å². The Morgan fingerprint density at radius 3 is 2.41 bits per heavy atom. The highest BCUT2D eigenvalue weighted by molar-refractivity contribution is 8.00. The molecule has 49 heavy (non-hydrogen) atoms. The standard InChI is InChI=1S/C15H11ClF3NO4.C15H15ClFN3O3S2/c1-2-23-14-8-10(4-5-12(14)20(21)22)24-13-6-3-9(7-11(13)16)15(17,18)19;1-23-13(21)8-24-12-7-11(10(17)6-9(12)16)18-14-19-4-2-3-5-20(19)15(22)25-14/h3-8H,2H2,1H3;6-7H,2-5,8H2,1H3/b;18-14-. The van der Waals surface area contributed by atoms with Crippen LogP contribution in [0.2, 0.25) is 10.0 Å². The van der Waals surface area contributed by atoms with E-state index in [1.807, 2.05) is 0 Å². The van der Waals surface area contributed by atoms with E-state index in [1.165, 1.54) is 31.4 Å². The number of hydrogen-bond acceptors (Lipinski definition) is 10. The molecule has 0 fully saturated rings. The maximum Gasteiger partial charge on any atom is 0.416 e. The van der Waals surface area contributed by atoms with Crippen molar-refractivity contribution in [2.24, 2.45) is 4.99 Å². The summed E-state index contributed by atoms with van der Waals surface area (Å²) in [6.07, 6.45) is -2.62. The molecule has 0 N–H and O–H groups in total. The average molecular weight is 766 g/mol. The second kappa shape index (κ2) is 16.6. The highest BCUT2D eigenvalue weighted by Gasteiger charge is 2.31. The number of methoxy groups -OCH3 is 1. The Labute approximate surface area is 293 Å². The summed E-state index contributed by atoms with van der Waals surface area (Å²) in [5, 5.41) is 10.9. The minimum Gasteiger partial charge on any atom is -0.487 e. The van der Waals surface area contributed by atoms with Crippen LogP contribution in [0.3, 0.4) is 0 Å². The lowest BCUT2D eigenvalue weighted by molar-refractivity contribution is -0.385. The number of fused-ring (bicyclic) bond motifs is 1. The third-order valence-electron chi connectivity index (χ3n) is 6.60. The molecule has 1 aliphatic rings. The summed E-state index contributed by atoms with van der Waals surface area (Å²) in [7, 11) is 1.30. The van der Waals surface area contributed by atoms with Crippen LogP contribution in [-0.2, 0) is 28.8 Å². The zero-order chi connectivity index (χ0) is 35.9. The molecule has 0 aliphatic carbocycles. The number of nitrogens with zero attached hydrogens (tertiary/aromatic N) is 4. The number of carbonyl (C=O) groups is 1. The summed E-state index contributed by atoms with van der Waals surface area (Å²) in [6.45, 7) is 3.18. The van der Waals surface area contributed by atoms with Crippen molar-refractivity contribution >= 4 is 63.6 Å². The van der Waals surface area contributed by atoms with Gasteiger partial charge in [0.05, 0.1) is 40.0 Å². The molecule has 3 aromatic carbocycles. The van der Waals surface area contributed by atoms with E-state index in [2.05, 4.69) is 9.73 Å². The molecule has 0 amide bonds. The normalized spacial score (nSPS) is 12.9. The Hall–Kier alpha value is -4.06. The summed E-state index contributed by atoms with van der Waals surface area (Å²) < 4.78 is 70.6. The van der Waals surface area contributed by atoms with E-state index in [-0.39, 0.29) is 55.9 Å². The molecule has 1 aliphatic heterocycles. The zero-order valence-corrected chi connectivity index (χ0v) is 28.7. The first-order chi connectivity index (χ1) is 23.2. The molecule has 0 saturated heterocycles. The molecule has 0 saturated carbocycles. The summed E-state index contributed by atoms with van der Waals surface area (Å²) in [6, 6.07) is 9.04. The number of alkyl halides is 3. The number of nitro groups is 1. The molecule has 4 aromatic rings. The topological polar surface area (TPSA) is 127 Å². The van der Waals surface area contributed by atoms with Gasteiger partial charge in [0.15, 0.2) is 0 Å². The van der Waals surface area contributed by atoms with Gasteiger partial charge in [-0.3, -0.25) is 24.4 Å². The van der Waals surface area contributed by atoms with Gasteiger partial charge >= 0.3 is 22.7 Å². The molecule has 0 bridgehead atoms. The van der Waals surface area contributed by atoms with Crippen molar-refractivity contribution in [3.63, 3.8) is 0 Å². The van der Waals surface area contributed by atoms with Gasteiger partial charge in [0, 0.05) is 30.1 Å². The van der Waals surface area contributed by atoms with Crippen LogP contribution in [0, 0.1) is 15.9 Å². The molecule has 11 nitrogen and oxygen atoms in total. The molecule has 2 heterocycles. The number of thioether (sulfide) groups is 1. The Balaban J connectivity index is 0.000000221. The molecule has 5 rings (SSSR count). The number of ether oxygens (including phenoxy) is 3. The predicted octanol–water partition coefficient (Wildman–Crippen LogP) is 8.25. The lowest BCUT2D eigenvalue weighted by Crippen LogP contribution is -2.31. The minimum absolute atomic E-state index is 0.0111. The van der Waals surface area contributed by atoms with Crippen molar-refractivity contribution in [1.82, 2.24) is 9.36 Å². The van der Waals surface area contributed by atoms with Gasteiger partial charge < -0.3 is 14.2 Å². The number of rotatable bonds is 9. The first-order valence-corrected chi connectivity index (χ1v) is 16.8. The second-order valence-electron chi connectivity index (χ2n) is 9.88. The molecule has 0 unspecified atom stereocenters. The van der Waals surface area contributed by atoms with Gasteiger partial charge in [-0.1, -0.05) is 23.2 Å². The van der Waals surface area contributed by atoms with Crippen LogP contribution in [0.25, 0.3) is 0 Å². The summed E-state index contributed by atoms with van der Waals surface area (Å²) >= 11 is 14.0. The fraction of sp³-hybridized carbons (Fsp3) is 0.300. The highest BCUT2D eigenvalue weighted by Crippen LogP contribution is 2.38. The summed E-state index contributed by atoms with van der Waals surface area (Å²) in [4.78, 5) is 38.8. The van der Waals surface area contributed by atoms with E-state index in [1.54, 1.807) is 16.3 Å². The van der Waals surface area contributed by atoms with Crippen molar-refractivity contribution < 1.29 is 41.5 Å². The van der Waals surface area contributed by atoms with Gasteiger partial charge in [-0.15, -0.1) is 11.8 Å². The van der Waals surface area contributed by atoms with Gasteiger partial charge in [0.1, 0.15) is 23.0 Å². The smallest absolute Gasteiger partial charge is 0.416 e. The number of nitro benzene ring substituents is 1. The van der Waals surface area contributed by atoms with E-state index in [9.17, 15) is 37.3 Å².